The average Bonchev–Trinajstić information content (AvgIpc) is 2.83. The summed E-state index contributed by atoms with van der Waals surface area (Å²) >= 11 is 7.48. The van der Waals surface area contributed by atoms with Crippen molar-refractivity contribution in [3.63, 3.8) is 0 Å². The van der Waals surface area contributed by atoms with E-state index in [1.165, 1.54) is 4.90 Å². The number of nitrogens with one attached hydrogen (secondary N) is 1. The Morgan fingerprint density at radius 1 is 1.17 bits per heavy atom. The normalized spacial score (nSPS) is 17.7. The van der Waals surface area contributed by atoms with Crippen LogP contribution < -0.4 is 10.2 Å². The number of amides is 2. The second kappa shape index (κ2) is 6.64. The smallest absolute Gasteiger partial charge is 0.256 e. The summed E-state index contributed by atoms with van der Waals surface area (Å²) in [6, 6.07) is 13.9. The van der Waals surface area contributed by atoms with Gasteiger partial charge in [0.25, 0.3) is 5.91 Å². The van der Waals surface area contributed by atoms with Crippen LogP contribution in [0.4, 0.5) is 11.4 Å². The molecule has 0 saturated carbocycles. The summed E-state index contributed by atoms with van der Waals surface area (Å²) in [6.45, 7) is 0. The number of carbonyl (C=O) groups is 2. The van der Waals surface area contributed by atoms with Gasteiger partial charge >= 0.3 is 0 Å². The Bertz CT molecular complexity index is 749. The molecule has 0 aliphatic carbocycles. The van der Waals surface area contributed by atoms with Crippen molar-refractivity contribution in [1.82, 2.24) is 0 Å². The van der Waals surface area contributed by atoms with Crippen molar-refractivity contribution < 1.29 is 9.59 Å². The first-order chi connectivity index (χ1) is 11.1. The quantitative estimate of drug-likeness (QED) is 0.675. The van der Waals surface area contributed by atoms with Crippen LogP contribution in [0.2, 0.25) is 5.02 Å². The van der Waals surface area contributed by atoms with Gasteiger partial charge in [-0.25, -0.2) is 4.90 Å². The molecule has 4 nitrogen and oxygen atoms in total. The Hall–Kier alpha value is -1.98. The molecule has 1 aliphatic rings. The summed E-state index contributed by atoms with van der Waals surface area (Å²) in [5.41, 5.74) is 1.38. The fraction of sp³-hybridized carbons (Fsp3) is 0.176. The predicted molar refractivity (Wildman–Crippen MR) is 94.2 cm³/mol. The van der Waals surface area contributed by atoms with Gasteiger partial charge in [0.2, 0.25) is 5.91 Å². The molecule has 1 atom stereocenters. The second-order valence-electron chi connectivity index (χ2n) is 5.18. The Morgan fingerprint density at radius 2 is 1.91 bits per heavy atom. The summed E-state index contributed by atoms with van der Waals surface area (Å²) in [6.07, 6.45) is 2.14. The van der Waals surface area contributed by atoms with E-state index in [1.54, 1.807) is 36.0 Å². The summed E-state index contributed by atoms with van der Waals surface area (Å²) in [5.74, 6) is -0.456. The maximum absolute atomic E-state index is 12.6. The molecule has 0 aromatic heterocycles. The van der Waals surface area contributed by atoms with E-state index in [0.717, 1.165) is 10.6 Å². The molecule has 2 amide bonds. The molecule has 2 aromatic rings. The average molecular weight is 347 g/mol. The van der Waals surface area contributed by atoms with E-state index in [-0.39, 0.29) is 18.2 Å². The maximum atomic E-state index is 12.6. The Balaban J connectivity index is 1.79. The zero-order valence-corrected chi connectivity index (χ0v) is 14.0. The van der Waals surface area contributed by atoms with E-state index < -0.39 is 6.04 Å². The predicted octanol–water partition coefficient (Wildman–Crippen LogP) is 3.81. The van der Waals surface area contributed by atoms with Crippen molar-refractivity contribution >= 4 is 46.6 Å². The number of nitrogens with zero attached hydrogens (tertiary/aromatic N) is 1. The molecule has 1 aliphatic heterocycles. The van der Waals surface area contributed by atoms with Crippen LogP contribution in [0.1, 0.15) is 6.42 Å². The number of benzene rings is 2. The minimum Gasteiger partial charge on any atom is -0.373 e. The molecular weight excluding hydrogens is 332 g/mol. The van der Waals surface area contributed by atoms with E-state index in [1.807, 2.05) is 30.5 Å². The minimum absolute atomic E-state index is 0.144. The number of thioether (sulfide) groups is 1. The summed E-state index contributed by atoms with van der Waals surface area (Å²) in [7, 11) is 0. The van der Waals surface area contributed by atoms with Crippen LogP contribution in [0.25, 0.3) is 0 Å². The number of carbonyl (C=O) groups excluding carboxylic acids is 2. The van der Waals surface area contributed by atoms with Crippen LogP contribution in [0, 0.1) is 0 Å². The van der Waals surface area contributed by atoms with Gasteiger partial charge in [0.15, 0.2) is 0 Å². The van der Waals surface area contributed by atoms with Crippen LogP contribution in [-0.4, -0.2) is 24.1 Å². The fourth-order valence-corrected chi connectivity index (χ4v) is 3.11. The molecule has 3 rings (SSSR count). The Morgan fingerprint density at radius 3 is 2.61 bits per heavy atom. The number of hydrogen-bond donors (Lipinski definition) is 1. The van der Waals surface area contributed by atoms with E-state index in [0.29, 0.717) is 10.7 Å². The maximum Gasteiger partial charge on any atom is 0.256 e. The number of rotatable bonds is 4. The standard InChI is InChI=1S/C17H15ClN2O2S/c1-23-14-4-2-3-12(9-14)19-15-10-16(21)20(17(15)22)13-7-5-11(18)6-8-13/h2-9,15,19H,10H2,1H3/t15-/m0/s1. The monoisotopic (exact) mass is 346 g/mol. The molecular formula is C17H15ClN2O2S. The summed E-state index contributed by atoms with van der Waals surface area (Å²) in [4.78, 5) is 27.1. The third kappa shape index (κ3) is 3.35. The molecule has 2 aromatic carbocycles. The van der Waals surface area contributed by atoms with E-state index in [2.05, 4.69) is 5.32 Å². The van der Waals surface area contributed by atoms with Crippen LogP contribution in [0.3, 0.4) is 0 Å². The summed E-state index contributed by atoms with van der Waals surface area (Å²) < 4.78 is 0. The van der Waals surface area contributed by atoms with Crippen molar-refractivity contribution in [3.05, 3.63) is 53.6 Å². The zero-order valence-electron chi connectivity index (χ0n) is 12.5. The van der Waals surface area contributed by atoms with Gasteiger partial charge in [-0.15, -0.1) is 11.8 Å². The van der Waals surface area contributed by atoms with Gasteiger partial charge in [-0.1, -0.05) is 17.7 Å². The number of imide groups is 1. The van der Waals surface area contributed by atoms with Crippen LogP contribution in [-0.2, 0) is 9.59 Å². The highest BCUT2D eigenvalue weighted by molar-refractivity contribution is 7.98. The minimum atomic E-state index is -0.546. The van der Waals surface area contributed by atoms with Gasteiger partial charge in [-0.05, 0) is 48.7 Å². The van der Waals surface area contributed by atoms with Crippen LogP contribution in [0.15, 0.2) is 53.4 Å². The first kappa shape index (κ1) is 15.9. The Kier molecular flexibility index (Phi) is 4.59. The highest BCUT2D eigenvalue weighted by Crippen LogP contribution is 2.27. The van der Waals surface area contributed by atoms with E-state index in [9.17, 15) is 9.59 Å². The molecule has 0 unspecified atom stereocenters. The molecule has 0 bridgehead atoms. The van der Waals surface area contributed by atoms with E-state index in [4.69, 9.17) is 11.6 Å². The zero-order chi connectivity index (χ0) is 16.4. The molecule has 23 heavy (non-hydrogen) atoms. The number of anilines is 2. The molecule has 118 valence electrons. The molecule has 0 spiro atoms. The first-order valence-corrected chi connectivity index (χ1v) is 8.72. The van der Waals surface area contributed by atoms with Gasteiger partial charge in [0.1, 0.15) is 6.04 Å². The SMILES string of the molecule is CSc1cccc(N[C@H]2CC(=O)N(c3ccc(Cl)cc3)C2=O)c1. The van der Waals surface area contributed by atoms with Crippen molar-refractivity contribution in [2.24, 2.45) is 0 Å². The third-order valence-electron chi connectivity index (χ3n) is 3.64. The van der Waals surface area contributed by atoms with Crippen molar-refractivity contribution in [1.29, 1.82) is 0 Å². The first-order valence-electron chi connectivity index (χ1n) is 7.11. The van der Waals surface area contributed by atoms with Crippen LogP contribution in [0.5, 0.6) is 0 Å². The Labute approximate surface area is 143 Å². The lowest BCUT2D eigenvalue weighted by molar-refractivity contribution is -0.121. The topological polar surface area (TPSA) is 49.4 Å². The molecule has 6 heteroatoms. The number of halogens is 1. The lowest BCUT2D eigenvalue weighted by atomic mass is 10.2. The number of hydrogen-bond acceptors (Lipinski definition) is 4. The molecule has 1 fully saturated rings. The third-order valence-corrected chi connectivity index (χ3v) is 4.62. The largest absolute Gasteiger partial charge is 0.373 e. The molecule has 1 saturated heterocycles. The van der Waals surface area contributed by atoms with Gasteiger partial charge in [-0.2, -0.15) is 0 Å². The van der Waals surface area contributed by atoms with Gasteiger partial charge in [-0.3, -0.25) is 9.59 Å². The lowest BCUT2D eigenvalue weighted by Crippen LogP contribution is -2.34. The molecule has 1 N–H and O–H groups in total. The highest BCUT2D eigenvalue weighted by Gasteiger charge is 2.39. The highest BCUT2D eigenvalue weighted by atomic mass is 35.5. The second-order valence-corrected chi connectivity index (χ2v) is 6.49. The fourth-order valence-electron chi connectivity index (χ4n) is 2.52. The van der Waals surface area contributed by atoms with Crippen molar-refractivity contribution in [3.8, 4) is 0 Å². The van der Waals surface area contributed by atoms with Crippen molar-refractivity contribution in [2.45, 2.75) is 17.4 Å². The lowest BCUT2D eigenvalue weighted by Gasteiger charge is -2.16. The van der Waals surface area contributed by atoms with Gasteiger partial charge < -0.3 is 5.32 Å². The van der Waals surface area contributed by atoms with E-state index >= 15 is 0 Å². The van der Waals surface area contributed by atoms with Gasteiger partial charge in [0, 0.05) is 15.6 Å². The van der Waals surface area contributed by atoms with Crippen molar-refractivity contribution in [2.75, 3.05) is 16.5 Å². The van der Waals surface area contributed by atoms with Crippen LogP contribution >= 0.6 is 23.4 Å². The summed E-state index contributed by atoms with van der Waals surface area (Å²) in [5, 5.41) is 3.72. The van der Waals surface area contributed by atoms with Gasteiger partial charge in [0.05, 0.1) is 12.1 Å². The molecule has 0 radical (unpaired) electrons. The molecule has 1 heterocycles.